The van der Waals surface area contributed by atoms with Crippen molar-refractivity contribution in [3.63, 3.8) is 0 Å². The number of benzene rings is 1. The molecule has 1 aromatic carbocycles. The van der Waals surface area contributed by atoms with Gasteiger partial charge in [0, 0.05) is 25.2 Å². The van der Waals surface area contributed by atoms with Gasteiger partial charge < -0.3 is 19.4 Å². The molecule has 0 spiro atoms. The molecule has 1 fully saturated rings. The molecule has 0 radical (unpaired) electrons. The fourth-order valence-electron chi connectivity index (χ4n) is 2.85. The topological polar surface area (TPSA) is 54.7 Å². The van der Waals surface area contributed by atoms with Crippen LogP contribution in [-0.4, -0.2) is 43.8 Å². The zero-order chi connectivity index (χ0) is 16.2. The third kappa shape index (κ3) is 3.71. The number of furan rings is 1. The Morgan fingerprint density at radius 3 is 2.83 bits per heavy atom. The molecule has 0 bridgehead atoms. The molecular weight excluding hydrogens is 348 g/mol. The maximum absolute atomic E-state index is 12.9. The highest BCUT2D eigenvalue weighted by Crippen LogP contribution is 2.31. The number of thioether (sulfide) groups is 1. The minimum absolute atomic E-state index is 0. The summed E-state index contributed by atoms with van der Waals surface area (Å²) in [7, 11) is 1.65. The normalized spacial score (nSPS) is 17.2. The van der Waals surface area contributed by atoms with Gasteiger partial charge in [-0.2, -0.15) is 0 Å². The fraction of sp³-hybridized carbons (Fsp3) is 0.353. The number of halogens is 1. The Morgan fingerprint density at radius 1 is 1.33 bits per heavy atom. The van der Waals surface area contributed by atoms with Crippen molar-refractivity contribution in [3.8, 4) is 5.75 Å². The number of carbonyl (C=O) groups is 1. The molecule has 130 valence electrons. The average molecular weight is 369 g/mol. The van der Waals surface area contributed by atoms with E-state index in [0.717, 1.165) is 22.9 Å². The largest absolute Gasteiger partial charge is 0.496 e. The van der Waals surface area contributed by atoms with Crippen molar-refractivity contribution in [3.05, 3.63) is 47.7 Å². The van der Waals surface area contributed by atoms with Crippen LogP contribution in [0.4, 0.5) is 0 Å². The lowest BCUT2D eigenvalue weighted by molar-refractivity contribution is 0.0593. The molecule has 3 rings (SSSR count). The summed E-state index contributed by atoms with van der Waals surface area (Å²) in [6.07, 6.45) is 1.93. The summed E-state index contributed by atoms with van der Waals surface area (Å²) in [5.74, 6) is 1.10. The molecule has 1 N–H and O–H groups in total. The van der Waals surface area contributed by atoms with Gasteiger partial charge in [-0.15, -0.1) is 12.4 Å². The van der Waals surface area contributed by atoms with E-state index in [9.17, 15) is 4.79 Å². The predicted octanol–water partition coefficient (Wildman–Crippen LogP) is 3.22. The zero-order valence-corrected chi connectivity index (χ0v) is 15.3. The molecule has 1 aliphatic rings. The number of ether oxygens (including phenoxy) is 1. The number of nitrogens with one attached hydrogen (secondary N) is 1. The molecule has 7 heteroatoms. The number of rotatable bonds is 4. The van der Waals surface area contributed by atoms with Crippen LogP contribution >= 0.6 is 24.2 Å². The van der Waals surface area contributed by atoms with Crippen LogP contribution < -0.4 is 10.1 Å². The van der Waals surface area contributed by atoms with E-state index in [1.165, 1.54) is 11.8 Å². The lowest BCUT2D eigenvalue weighted by Crippen LogP contribution is -2.48. The summed E-state index contributed by atoms with van der Waals surface area (Å²) in [5, 5.41) is 4.10. The molecule has 0 saturated carbocycles. The van der Waals surface area contributed by atoms with Crippen LogP contribution in [0.1, 0.15) is 22.2 Å². The molecule has 2 heterocycles. The van der Waals surface area contributed by atoms with Gasteiger partial charge in [0.15, 0.2) is 10.9 Å². The SMILES string of the molecule is COc1ccccc1C1CNCCN1C(=O)c1ccc(SC)o1.Cl. The van der Waals surface area contributed by atoms with Crippen LogP contribution in [0.3, 0.4) is 0 Å². The summed E-state index contributed by atoms with van der Waals surface area (Å²) in [4.78, 5) is 14.7. The van der Waals surface area contributed by atoms with Crippen molar-refractivity contribution in [2.75, 3.05) is 33.0 Å². The maximum Gasteiger partial charge on any atom is 0.290 e. The van der Waals surface area contributed by atoms with Gasteiger partial charge >= 0.3 is 0 Å². The van der Waals surface area contributed by atoms with E-state index in [4.69, 9.17) is 9.15 Å². The minimum Gasteiger partial charge on any atom is -0.496 e. The lowest BCUT2D eigenvalue weighted by Gasteiger charge is -2.36. The number of hydrogen-bond donors (Lipinski definition) is 1. The second-order valence-electron chi connectivity index (χ2n) is 5.28. The number of amides is 1. The first-order valence-corrected chi connectivity index (χ1v) is 8.75. The molecule has 0 aliphatic carbocycles. The van der Waals surface area contributed by atoms with Gasteiger partial charge in [0.2, 0.25) is 0 Å². The highest BCUT2D eigenvalue weighted by molar-refractivity contribution is 7.98. The van der Waals surface area contributed by atoms with Gasteiger partial charge in [-0.3, -0.25) is 4.79 Å². The summed E-state index contributed by atoms with van der Waals surface area (Å²) < 4.78 is 11.1. The van der Waals surface area contributed by atoms with E-state index in [-0.39, 0.29) is 24.4 Å². The van der Waals surface area contributed by atoms with Gasteiger partial charge in [0.05, 0.1) is 13.2 Å². The second-order valence-corrected chi connectivity index (χ2v) is 6.09. The number of piperazine rings is 1. The van der Waals surface area contributed by atoms with Crippen LogP contribution in [0.15, 0.2) is 45.9 Å². The average Bonchev–Trinajstić information content (AvgIpc) is 3.10. The van der Waals surface area contributed by atoms with Gasteiger partial charge in [0.1, 0.15) is 5.75 Å². The monoisotopic (exact) mass is 368 g/mol. The fourth-order valence-corrected chi connectivity index (χ4v) is 3.23. The van der Waals surface area contributed by atoms with E-state index in [2.05, 4.69) is 5.32 Å². The number of methoxy groups -OCH3 is 1. The lowest BCUT2D eigenvalue weighted by atomic mass is 10.0. The highest BCUT2D eigenvalue weighted by atomic mass is 35.5. The number of hydrogen-bond acceptors (Lipinski definition) is 5. The van der Waals surface area contributed by atoms with Crippen LogP contribution in [0, 0.1) is 0 Å². The third-order valence-corrected chi connectivity index (χ3v) is 4.62. The first-order chi connectivity index (χ1) is 11.2. The highest BCUT2D eigenvalue weighted by Gasteiger charge is 2.31. The molecule has 24 heavy (non-hydrogen) atoms. The van der Waals surface area contributed by atoms with Crippen molar-refractivity contribution in [1.29, 1.82) is 0 Å². The Kier molecular flexibility index (Phi) is 6.60. The quantitative estimate of drug-likeness (QED) is 0.840. The Hall–Kier alpha value is -1.63. The van der Waals surface area contributed by atoms with E-state index in [0.29, 0.717) is 18.8 Å². The molecule has 1 aromatic heterocycles. The molecule has 1 saturated heterocycles. The second kappa shape index (κ2) is 8.46. The van der Waals surface area contributed by atoms with Gasteiger partial charge in [-0.05, 0) is 24.5 Å². The third-order valence-electron chi connectivity index (χ3n) is 4.00. The molecule has 1 amide bonds. The Bertz CT molecular complexity index is 692. The van der Waals surface area contributed by atoms with Crippen molar-refractivity contribution in [1.82, 2.24) is 10.2 Å². The number of para-hydroxylation sites is 1. The number of nitrogens with zero attached hydrogens (tertiary/aromatic N) is 1. The van der Waals surface area contributed by atoms with Crippen LogP contribution in [0.25, 0.3) is 0 Å². The molecule has 1 unspecified atom stereocenters. The van der Waals surface area contributed by atoms with Crippen LogP contribution in [0.2, 0.25) is 0 Å². The molecule has 2 aromatic rings. The van der Waals surface area contributed by atoms with Gasteiger partial charge in [0.25, 0.3) is 5.91 Å². The smallest absolute Gasteiger partial charge is 0.290 e. The Morgan fingerprint density at radius 2 is 2.12 bits per heavy atom. The van der Waals surface area contributed by atoms with E-state index < -0.39 is 0 Å². The summed E-state index contributed by atoms with van der Waals surface area (Å²) in [5.41, 5.74) is 1.01. The van der Waals surface area contributed by atoms with E-state index in [1.807, 2.05) is 41.5 Å². The maximum atomic E-state index is 12.9. The first kappa shape index (κ1) is 18.7. The van der Waals surface area contributed by atoms with Crippen LogP contribution in [0.5, 0.6) is 5.75 Å². The molecule has 5 nitrogen and oxygen atoms in total. The summed E-state index contributed by atoms with van der Waals surface area (Å²) in [6.45, 7) is 2.10. The minimum atomic E-state index is -0.0808. The standard InChI is InChI=1S/C17H20N2O3S.ClH/c1-21-14-6-4-3-5-12(14)13-11-18-9-10-19(13)17(20)15-7-8-16(22-15)23-2;/h3-8,13,18H,9-11H2,1-2H3;1H. The van der Waals surface area contributed by atoms with Gasteiger partial charge in [-0.25, -0.2) is 0 Å². The zero-order valence-electron chi connectivity index (χ0n) is 13.7. The summed E-state index contributed by atoms with van der Waals surface area (Å²) in [6, 6.07) is 11.3. The van der Waals surface area contributed by atoms with Crippen LogP contribution in [-0.2, 0) is 0 Å². The van der Waals surface area contributed by atoms with Crippen molar-refractivity contribution < 1.29 is 13.9 Å². The summed E-state index contributed by atoms with van der Waals surface area (Å²) >= 11 is 1.49. The molecular formula is C17H21ClN2O3S. The Balaban J connectivity index is 0.00000208. The molecule has 1 aliphatic heterocycles. The van der Waals surface area contributed by atoms with Crippen molar-refractivity contribution >= 4 is 30.1 Å². The molecule has 1 atom stereocenters. The Labute approximate surface area is 152 Å². The van der Waals surface area contributed by atoms with Gasteiger partial charge in [-0.1, -0.05) is 30.0 Å². The first-order valence-electron chi connectivity index (χ1n) is 7.53. The van der Waals surface area contributed by atoms with E-state index in [1.54, 1.807) is 13.2 Å². The van der Waals surface area contributed by atoms with E-state index >= 15 is 0 Å². The number of carbonyl (C=O) groups excluding carboxylic acids is 1. The van der Waals surface area contributed by atoms with Crippen molar-refractivity contribution in [2.45, 2.75) is 11.1 Å². The predicted molar refractivity (Wildman–Crippen MR) is 97.4 cm³/mol. The van der Waals surface area contributed by atoms with Crippen molar-refractivity contribution in [2.24, 2.45) is 0 Å².